The van der Waals surface area contributed by atoms with Crippen LogP contribution in [0.25, 0.3) is 0 Å². The number of fused-ring (bicyclic) bond motifs is 1. The molecule has 6 heteroatoms. The fraction of sp³-hybridized carbons (Fsp3) is 0.435. The monoisotopic (exact) mass is 398 g/mol. The van der Waals surface area contributed by atoms with Gasteiger partial charge in [0.1, 0.15) is 17.3 Å². The maximum absolute atomic E-state index is 14.8. The lowest BCUT2D eigenvalue weighted by Gasteiger charge is -2.34. The number of phenols is 1. The third-order valence-electron chi connectivity index (χ3n) is 6.13. The standard InChI is InChI=1S/C23H27FN2O3/c1-14-6-7-17-20(10-14)29-21(13-25-17)22(28)26-18-12-19(27)15(11-16(18)24)23(2)8-4-3-5-9-23/h6-7,10-12,21,25,27H,3-5,8-9,13H2,1-2H3,(H,26,28). The SMILES string of the molecule is Cc1ccc2c(c1)OC(C(=O)Nc1cc(O)c(C3(C)CCCCC3)cc1F)CN2. The van der Waals surface area contributed by atoms with Crippen LogP contribution in [0, 0.1) is 12.7 Å². The lowest BCUT2D eigenvalue weighted by Crippen LogP contribution is -2.41. The maximum Gasteiger partial charge on any atom is 0.267 e. The molecule has 0 saturated heterocycles. The van der Waals surface area contributed by atoms with Crippen LogP contribution >= 0.6 is 0 Å². The van der Waals surface area contributed by atoms with Crippen molar-refractivity contribution in [1.82, 2.24) is 0 Å². The first-order chi connectivity index (χ1) is 13.9. The van der Waals surface area contributed by atoms with Gasteiger partial charge in [-0.1, -0.05) is 32.3 Å². The van der Waals surface area contributed by atoms with E-state index in [1.165, 1.54) is 18.6 Å². The molecule has 1 aliphatic carbocycles. The quantitative estimate of drug-likeness (QED) is 0.690. The zero-order valence-corrected chi connectivity index (χ0v) is 16.8. The Labute approximate surface area is 170 Å². The summed E-state index contributed by atoms with van der Waals surface area (Å²) in [7, 11) is 0. The van der Waals surface area contributed by atoms with Crippen molar-refractivity contribution in [3.8, 4) is 11.5 Å². The maximum atomic E-state index is 14.8. The van der Waals surface area contributed by atoms with Gasteiger partial charge >= 0.3 is 0 Å². The van der Waals surface area contributed by atoms with Crippen molar-refractivity contribution in [2.75, 3.05) is 17.2 Å². The smallest absolute Gasteiger partial charge is 0.267 e. The normalized spacial score (nSPS) is 20.2. The van der Waals surface area contributed by atoms with Crippen LogP contribution in [0.4, 0.5) is 15.8 Å². The van der Waals surface area contributed by atoms with Crippen molar-refractivity contribution >= 4 is 17.3 Å². The highest BCUT2D eigenvalue weighted by Gasteiger charge is 2.33. The Morgan fingerprint density at radius 1 is 1.24 bits per heavy atom. The Kier molecular flexibility index (Phi) is 5.11. The number of benzene rings is 2. The molecule has 0 radical (unpaired) electrons. The van der Waals surface area contributed by atoms with Crippen molar-refractivity contribution in [1.29, 1.82) is 0 Å². The Morgan fingerprint density at radius 2 is 2.00 bits per heavy atom. The highest BCUT2D eigenvalue weighted by Crippen LogP contribution is 2.44. The first-order valence-electron chi connectivity index (χ1n) is 10.2. The summed E-state index contributed by atoms with van der Waals surface area (Å²) in [6.07, 6.45) is 4.37. The van der Waals surface area contributed by atoms with Crippen LogP contribution < -0.4 is 15.4 Å². The third kappa shape index (κ3) is 3.88. The van der Waals surface area contributed by atoms with Gasteiger partial charge in [-0.25, -0.2) is 4.39 Å². The predicted molar refractivity (Wildman–Crippen MR) is 111 cm³/mol. The minimum Gasteiger partial charge on any atom is -0.508 e. The van der Waals surface area contributed by atoms with Crippen LogP contribution in [0.5, 0.6) is 11.5 Å². The fourth-order valence-corrected chi connectivity index (χ4v) is 4.37. The van der Waals surface area contributed by atoms with Gasteiger partial charge in [-0.2, -0.15) is 0 Å². The molecule has 1 aliphatic heterocycles. The summed E-state index contributed by atoms with van der Waals surface area (Å²) >= 11 is 0. The molecular formula is C23H27FN2O3. The van der Waals surface area contributed by atoms with Crippen LogP contribution in [0.3, 0.4) is 0 Å². The summed E-state index contributed by atoms with van der Waals surface area (Å²) in [4.78, 5) is 12.7. The number of phenolic OH excluding ortho intramolecular Hbond substituents is 1. The van der Waals surface area contributed by atoms with Crippen molar-refractivity contribution in [2.45, 2.75) is 57.5 Å². The van der Waals surface area contributed by atoms with Crippen LogP contribution in [-0.4, -0.2) is 23.7 Å². The molecule has 1 unspecified atom stereocenters. The van der Waals surface area contributed by atoms with Crippen LogP contribution in [-0.2, 0) is 10.2 Å². The van der Waals surface area contributed by atoms with Gasteiger partial charge in [0, 0.05) is 11.6 Å². The Hall–Kier alpha value is -2.76. The zero-order chi connectivity index (χ0) is 20.6. The fourth-order valence-electron chi connectivity index (χ4n) is 4.37. The van der Waals surface area contributed by atoms with E-state index < -0.39 is 17.8 Å². The molecule has 2 aliphatic rings. The van der Waals surface area contributed by atoms with Crippen molar-refractivity contribution in [3.63, 3.8) is 0 Å². The van der Waals surface area contributed by atoms with E-state index in [1.807, 2.05) is 25.1 Å². The van der Waals surface area contributed by atoms with E-state index in [2.05, 4.69) is 17.6 Å². The lowest BCUT2D eigenvalue weighted by atomic mass is 9.70. The third-order valence-corrected chi connectivity index (χ3v) is 6.13. The largest absolute Gasteiger partial charge is 0.508 e. The Morgan fingerprint density at radius 3 is 2.76 bits per heavy atom. The number of ether oxygens (including phenoxy) is 1. The molecule has 0 spiro atoms. The Bertz CT molecular complexity index is 938. The van der Waals surface area contributed by atoms with Gasteiger partial charge < -0.3 is 20.5 Å². The number of halogens is 1. The number of nitrogens with one attached hydrogen (secondary N) is 2. The van der Waals surface area contributed by atoms with E-state index in [9.17, 15) is 14.3 Å². The number of amides is 1. The highest BCUT2D eigenvalue weighted by atomic mass is 19.1. The predicted octanol–water partition coefficient (Wildman–Crippen LogP) is 4.87. The molecule has 3 N–H and O–H groups in total. The van der Waals surface area contributed by atoms with E-state index in [-0.39, 0.29) is 23.4 Å². The molecule has 154 valence electrons. The minimum absolute atomic E-state index is 0.0229. The van der Waals surface area contributed by atoms with Crippen molar-refractivity contribution < 1.29 is 19.0 Å². The average Bonchev–Trinajstić information content (AvgIpc) is 2.70. The Balaban J connectivity index is 1.51. The number of aryl methyl sites for hydroxylation is 1. The molecule has 0 aromatic heterocycles. The van der Waals surface area contributed by atoms with E-state index in [1.54, 1.807) is 0 Å². The summed E-state index contributed by atoms with van der Waals surface area (Å²) in [6.45, 7) is 4.30. The molecule has 29 heavy (non-hydrogen) atoms. The zero-order valence-electron chi connectivity index (χ0n) is 16.8. The second-order valence-electron chi connectivity index (χ2n) is 8.45. The molecule has 1 saturated carbocycles. The second kappa shape index (κ2) is 7.58. The number of anilines is 2. The van der Waals surface area contributed by atoms with Crippen molar-refractivity contribution in [2.24, 2.45) is 0 Å². The molecule has 2 aromatic rings. The number of carbonyl (C=O) groups excluding carboxylic acids is 1. The van der Waals surface area contributed by atoms with Gasteiger partial charge in [0.2, 0.25) is 0 Å². The first kappa shape index (κ1) is 19.6. The molecule has 2 aromatic carbocycles. The molecule has 1 atom stereocenters. The topological polar surface area (TPSA) is 70.6 Å². The number of hydrogen-bond donors (Lipinski definition) is 3. The van der Waals surface area contributed by atoms with E-state index in [0.29, 0.717) is 11.3 Å². The number of rotatable bonds is 3. The summed E-state index contributed by atoms with van der Waals surface area (Å²) in [6, 6.07) is 8.41. The lowest BCUT2D eigenvalue weighted by molar-refractivity contribution is -0.122. The van der Waals surface area contributed by atoms with E-state index in [0.717, 1.165) is 36.9 Å². The molecule has 5 nitrogen and oxygen atoms in total. The number of carbonyl (C=O) groups is 1. The van der Waals surface area contributed by atoms with E-state index >= 15 is 0 Å². The number of aromatic hydroxyl groups is 1. The van der Waals surface area contributed by atoms with E-state index in [4.69, 9.17) is 4.74 Å². The first-order valence-corrected chi connectivity index (χ1v) is 10.2. The molecule has 0 bridgehead atoms. The van der Waals surface area contributed by atoms with Crippen LogP contribution in [0.1, 0.15) is 50.2 Å². The van der Waals surface area contributed by atoms with Gasteiger partial charge in [0.15, 0.2) is 6.10 Å². The van der Waals surface area contributed by atoms with Crippen LogP contribution in [0.2, 0.25) is 0 Å². The second-order valence-corrected chi connectivity index (χ2v) is 8.45. The molecule has 1 amide bonds. The minimum atomic E-state index is -0.790. The highest BCUT2D eigenvalue weighted by molar-refractivity contribution is 5.95. The van der Waals surface area contributed by atoms with Crippen LogP contribution in [0.15, 0.2) is 30.3 Å². The van der Waals surface area contributed by atoms with Gasteiger partial charge in [-0.05, 0) is 48.9 Å². The van der Waals surface area contributed by atoms with Gasteiger partial charge in [-0.15, -0.1) is 0 Å². The summed E-state index contributed by atoms with van der Waals surface area (Å²) < 4.78 is 20.6. The van der Waals surface area contributed by atoms with Gasteiger partial charge in [0.05, 0.1) is 17.9 Å². The van der Waals surface area contributed by atoms with Gasteiger partial charge in [-0.3, -0.25) is 4.79 Å². The summed E-state index contributed by atoms with van der Waals surface area (Å²) in [5.41, 5.74) is 2.20. The van der Waals surface area contributed by atoms with Gasteiger partial charge in [0.25, 0.3) is 5.91 Å². The molecular weight excluding hydrogens is 371 g/mol. The average molecular weight is 398 g/mol. The number of hydrogen-bond acceptors (Lipinski definition) is 4. The summed E-state index contributed by atoms with van der Waals surface area (Å²) in [5.74, 6) is -0.382. The summed E-state index contributed by atoms with van der Waals surface area (Å²) in [5, 5.41) is 16.3. The molecule has 1 fully saturated rings. The van der Waals surface area contributed by atoms with Crippen molar-refractivity contribution in [3.05, 3.63) is 47.3 Å². The molecule has 4 rings (SSSR count). The molecule has 1 heterocycles.